The number of pyridine rings is 1. The summed E-state index contributed by atoms with van der Waals surface area (Å²) in [5.74, 6) is 2.14. The van der Waals surface area contributed by atoms with Gasteiger partial charge in [-0.05, 0) is 35.7 Å². The predicted octanol–water partition coefficient (Wildman–Crippen LogP) is 2.41. The van der Waals surface area contributed by atoms with Crippen molar-refractivity contribution < 1.29 is 14.2 Å². The first-order valence-corrected chi connectivity index (χ1v) is 6.99. The van der Waals surface area contributed by atoms with Gasteiger partial charge < -0.3 is 19.9 Å². The lowest BCUT2D eigenvalue weighted by molar-refractivity contribution is 0.174. The van der Waals surface area contributed by atoms with E-state index in [-0.39, 0.29) is 6.79 Å². The van der Waals surface area contributed by atoms with Crippen LogP contribution in [0, 0.1) is 0 Å². The standard InChI is InChI=1S/C16H18N2O3/c1-2-13-5-12(8-17)7-16(18-13)19-9-11-3-4-14-15(6-11)21-10-20-14/h3-7H,2,8-10,17H2,1H3. The molecule has 5 heteroatoms. The minimum absolute atomic E-state index is 0.277. The van der Waals surface area contributed by atoms with Crippen LogP contribution < -0.4 is 19.9 Å². The van der Waals surface area contributed by atoms with Crippen molar-refractivity contribution in [3.8, 4) is 17.4 Å². The second-order valence-corrected chi connectivity index (χ2v) is 4.84. The fraction of sp³-hybridized carbons (Fsp3) is 0.312. The highest BCUT2D eigenvalue weighted by molar-refractivity contribution is 5.44. The molecular weight excluding hydrogens is 268 g/mol. The van der Waals surface area contributed by atoms with Crippen molar-refractivity contribution in [2.24, 2.45) is 5.73 Å². The molecule has 0 amide bonds. The van der Waals surface area contributed by atoms with E-state index >= 15 is 0 Å². The van der Waals surface area contributed by atoms with E-state index in [0.717, 1.165) is 34.7 Å². The Morgan fingerprint density at radius 2 is 2.00 bits per heavy atom. The molecule has 21 heavy (non-hydrogen) atoms. The summed E-state index contributed by atoms with van der Waals surface area (Å²) >= 11 is 0. The molecule has 0 saturated heterocycles. The van der Waals surface area contributed by atoms with Gasteiger partial charge in [0.2, 0.25) is 12.7 Å². The molecule has 0 fully saturated rings. The average molecular weight is 286 g/mol. The normalized spacial score (nSPS) is 12.5. The maximum Gasteiger partial charge on any atom is 0.231 e. The number of hydrogen-bond donors (Lipinski definition) is 1. The minimum atomic E-state index is 0.277. The van der Waals surface area contributed by atoms with Crippen molar-refractivity contribution in [3.05, 3.63) is 47.2 Å². The maximum atomic E-state index is 5.77. The molecule has 2 N–H and O–H groups in total. The number of aromatic nitrogens is 1. The molecule has 5 nitrogen and oxygen atoms in total. The molecule has 2 heterocycles. The van der Waals surface area contributed by atoms with Gasteiger partial charge in [0.25, 0.3) is 0 Å². The predicted molar refractivity (Wildman–Crippen MR) is 78.4 cm³/mol. The van der Waals surface area contributed by atoms with Crippen LogP contribution in [0.4, 0.5) is 0 Å². The minimum Gasteiger partial charge on any atom is -0.473 e. The van der Waals surface area contributed by atoms with E-state index in [1.165, 1.54) is 0 Å². The van der Waals surface area contributed by atoms with E-state index in [4.69, 9.17) is 19.9 Å². The number of nitrogens with zero attached hydrogens (tertiary/aromatic N) is 1. The highest BCUT2D eigenvalue weighted by atomic mass is 16.7. The Labute approximate surface area is 123 Å². The van der Waals surface area contributed by atoms with Crippen molar-refractivity contribution >= 4 is 0 Å². The SMILES string of the molecule is CCc1cc(CN)cc(OCc2ccc3c(c2)OCO3)n1. The third-order valence-corrected chi connectivity index (χ3v) is 3.34. The highest BCUT2D eigenvalue weighted by Gasteiger charge is 2.13. The highest BCUT2D eigenvalue weighted by Crippen LogP contribution is 2.32. The number of fused-ring (bicyclic) bond motifs is 1. The van der Waals surface area contributed by atoms with E-state index in [9.17, 15) is 0 Å². The second-order valence-electron chi connectivity index (χ2n) is 4.84. The van der Waals surface area contributed by atoms with Gasteiger partial charge in [-0.25, -0.2) is 4.98 Å². The summed E-state index contributed by atoms with van der Waals surface area (Å²) in [6.45, 7) is 3.25. The fourth-order valence-electron chi connectivity index (χ4n) is 2.18. The van der Waals surface area contributed by atoms with Gasteiger partial charge in [-0.2, -0.15) is 0 Å². The molecule has 1 aliphatic rings. The zero-order valence-corrected chi connectivity index (χ0v) is 12.0. The van der Waals surface area contributed by atoms with Crippen LogP contribution in [0.15, 0.2) is 30.3 Å². The van der Waals surface area contributed by atoms with Crippen molar-refractivity contribution in [1.29, 1.82) is 0 Å². The molecule has 0 unspecified atom stereocenters. The Hall–Kier alpha value is -2.27. The summed E-state index contributed by atoms with van der Waals surface area (Å²) in [6.07, 6.45) is 0.855. The van der Waals surface area contributed by atoms with Crippen LogP contribution in [0.5, 0.6) is 17.4 Å². The molecule has 0 spiro atoms. The molecule has 3 rings (SSSR count). The van der Waals surface area contributed by atoms with Crippen LogP contribution >= 0.6 is 0 Å². The summed E-state index contributed by atoms with van der Waals surface area (Å²) in [4.78, 5) is 4.45. The van der Waals surface area contributed by atoms with Crippen LogP contribution in [0.2, 0.25) is 0 Å². The fourth-order valence-corrected chi connectivity index (χ4v) is 2.18. The molecule has 1 aromatic carbocycles. The lowest BCUT2D eigenvalue weighted by Crippen LogP contribution is -2.03. The van der Waals surface area contributed by atoms with Gasteiger partial charge in [0.15, 0.2) is 11.5 Å². The molecule has 0 bridgehead atoms. The van der Waals surface area contributed by atoms with Crippen molar-refractivity contribution in [3.63, 3.8) is 0 Å². The van der Waals surface area contributed by atoms with Gasteiger partial charge in [-0.3, -0.25) is 0 Å². The summed E-state index contributed by atoms with van der Waals surface area (Å²) in [6, 6.07) is 9.67. The van der Waals surface area contributed by atoms with Gasteiger partial charge in [0.1, 0.15) is 6.61 Å². The number of nitrogens with two attached hydrogens (primary N) is 1. The maximum absolute atomic E-state index is 5.77. The Balaban J connectivity index is 1.72. The lowest BCUT2D eigenvalue weighted by Gasteiger charge is -2.09. The Morgan fingerprint density at radius 3 is 2.81 bits per heavy atom. The van der Waals surface area contributed by atoms with Gasteiger partial charge in [0.05, 0.1) is 0 Å². The number of rotatable bonds is 5. The summed E-state index contributed by atoms with van der Waals surface area (Å²) in [5, 5.41) is 0. The van der Waals surface area contributed by atoms with E-state index < -0.39 is 0 Å². The zero-order valence-electron chi connectivity index (χ0n) is 12.0. The van der Waals surface area contributed by atoms with Crippen LogP contribution in [0.3, 0.4) is 0 Å². The van der Waals surface area contributed by atoms with E-state index in [2.05, 4.69) is 11.9 Å². The van der Waals surface area contributed by atoms with Gasteiger partial charge in [-0.1, -0.05) is 13.0 Å². The monoisotopic (exact) mass is 286 g/mol. The van der Waals surface area contributed by atoms with Crippen molar-refractivity contribution in [2.75, 3.05) is 6.79 Å². The van der Waals surface area contributed by atoms with Gasteiger partial charge >= 0.3 is 0 Å². The zero-order chi connectivity index (χ0) is 14.7. The van der Waals surface area contributed by atoms with Crippen molar-refractivity contribution in [2.45, 2.75) is 26.5 Å². The average Bonchev–Trinajstić information content (AvgIpc) is 3.00. The number of benzene rings is 1. The first kappa shape index (κ1) is 13.7. The first-order chi connectivity index (χ1) is 10.3. The lowest BCUT2D eigenvalue weighted by atomic mass is 10.2. The van der Waals surface area contributed by atoms with Crippen LogP contribution in [0.25, 0.3) is 0 Å². The molecule has 110 valence electrons. The van der Waals surface area contributed by atoms with E-state index in [1.54, 1.807) is 0 Å². The molecule has 1 aromatic heterocycles. The number of hydrogen-bond acceptors (Lipinski definition) is 5. The quantitative estimate of drug-likeness (QED) is 0.914. The van der Waals surface area contributed by atoms with E-state index in [1.807, 2.05) is 30.3 Å². The molecule has 0 saturated carbocycles. The first-order valence-electron chi connectivity index (χ1n) is 6.99. The van der Waals surface area contributed by atoms with Gasteiger partial charge in [0, 0.05) is 18.3 Å². The molecule has 2 aromatic rings. The van der Waals surface area contributed by atoms with Crippen LogP contribution in [0.1, 0.15) is 23.7 Å². The molecule has 0 radical (unpaired) electrons. The largest absolute Gasteiger partial charge is 0.473 e. The molecule has 0 atom stereocenters. The number of ether oxygens (including phenoxy) is 3. The Bertz CT molecular complexity index is 621. The molecule has 1 aliphatic heterocycles. The Morgan fingerprint density at radius 1 is 1.14 bits per heavy atom. The summed E-state index contributed by atoms with van der Waals surface area (Å²) in [7, 11) is 0. The molecular formula is C16H18N2O3. The van der Waals surface area contributed by atoms with Crippen molar-refractivity contribution in [1.82, 2.24) is 4.98 Å². The molecule has 0 aliphatic carbocycles. The van der Waals surface area contributed by atoms with Crippen LogP contribution in [-0.2, 0) is 19.6 Å². The van der Waals surface area contributed by atoms with E-state index in [0.29, 0.717) is 19.0 Å². The number of aryl methyl sites for hydroxylation is 1. The summed E-state index contributed by atoms with van der Waals surface area (Å²) < 4.78 is 16.4. The summed E-state index contributed by atoms with van der Waals surface area (Å²) in [5.41, 5.74) is 8.72. The third kappa shape index (κ3) is 3.08. The second kappa shape index (κ2) is 6.01. The smallest absolute Gasteiger partial charge is 0.231 e. The topological polar surface area (TPSA) is 66.6 Å². The third-order valence-electron chi connectivity index (χ3n) is 3.34. The Kier molecular flexibility index (Phi) is 3.92. The van der Waals surface area contributed by atoms with Gasteiger partial charge in [-0.15, -0.1) is 0 Å². The van der Waals surface area contributed by atoms with Crippen LogP contribution in [-0.4, -0.2) is 11.8 Å².